The fraction of sp³-hybridized carbons (Fsp3) is 0.167. The largest absolute Gasteiger partial charge is 0.423 e. The van der Waals surface area contributed by atoms with Crippen LogP contribution in [0.5, 0.6) is 0 Å². The van der Waals surface area contributed by atoms with Crippen LogP contribution in [-0.2, 0) is 11.0 Å². The van der Waals surface area contributed by atoms with E-state index in [1.807, 2.05) is 0 Å². The van der Waals surface area contributed by atoms with Gasteiger partial charge in [0, 0.05) is 23.2 Å². The Morgan fingerprint density at radius 2 is 2.00 bits per heavy atom. The Bertz CT molecular complexity index is 724. The minimum Gasteiger partial charge on any atom is -0.423 e. The fourth-order valence-corrected chi connectivity index (χ4v) is 1.75. The molecule has 1 heterocycles. The molecule has 20 heavy (non-hydrogen) atoms. The van der Waals surface area contributed by atoms with Crippen LogP contribution in [0.2, 0.25) is 0 Å². The molecule has 2 rings (SSSR count). The van der Waals surface area contributed by atoms with Crippen molar-refractivity contribution >= 4 is 35.2 Å². The highest BCUT2D eigenvalue weighted by Gasteiger charge is 2.33. The van der Waals surface area contributed by atoms with Gasteiger partial charge in [-0.15, -0.1) is 0 Å². The van der Waals surface area contributed by atoms with Gasteiger partial charge in [-0.2, -0.15) is 25.8 Å². The van der Waals surface area contributed by atoms with E-state index in [-0.39, 0.29) is 22.4 Å². The number of thiol groups is 1. The first-order valence-electron chi connectivity index (χ1n) is 5.37. The molecular weight excluding hydrogens is 295 g/mol. The monoisotopic (exact) mass is 303 g/mol. The van der Waals surface area contributed by atoms with Crippen LogP contribution in [0.15, 0.2) is 33.5 Å². The van der Waals surface area contributed by atoms with E-state index >= 15 is 0 Å². The zero-order valence-corrected chi connectivity index (χ0v) is 10.7. The van der Waals surface area contributed by atoms with Gasteiger partial charge in [0.05, 0.1) is 11.3 Å². The van der Waals surface area contributed by atoms with Crippen molar-refractivity contribution < 1.29 is 22.4 Å². The molecule has 0 saturated carbocycles. The lowest BCUT2D eigenvalue weighted by molar-refractivity contribution is -0.136. The summed E-state index contributed by atoms with van der Waals surface area (Å²) < 4.78 is 43.1. The normalized spacial score (nSPS) is 11.6. The summed E-state index contributed by atoms with van der Waals surface area (Å²) in [4.78, 5) is 22.3. The summed E-state index contributed by atoms with van der Waals surface area (Å²) in [5.74, 6) is -0.507. The average Bonchev–Trinajstić information content (AvgIpc) is 2.36. The lowest BCUT2D eigenvalue weighted by atomic mass is 10.1. The minimum absolute atomic E-state index is 0.0788. The van der Waals surface area contributed by atoms with Crippen molar-refractivity contribution in [3.63, 3.8) is 0 Å². The number of rotatable bonds is 2. The number of benzene rings is 1. The van der Waals surface area contributed by atoms with Crippen molar-refractivity contribution in [1.29, 1.82) is 0 Å². The molecule has 1 aromatic carbocycles. The lowest BCUT2D eigenvalue weighted by Gasteiger charge is -2.10. The Hall–Kier alpha value is -1.96. The van der Waals surface area contributed by atoms with Gasteiger partial charge in [0.2, 0.25) is 5.91 Å². The number of fused-ring (bicyclic) bond motifs is 1. The number of hydrogen-bond donors (Lipinski definition) is 2. The van der Waals surface area contributed by atoms with Gasteiger partial charge in [0.15, 0.2) is 0 Å². The zero-order valence-electron chi connectivity index (χ0n) is 9.82. The van der Waals surface area contributed by atoms with Crippen molar-refractivity contribution in [2.75, 3.05) is 11.1 Å². The Morgan fingerprint density at radius 1 is 1.30 bits per heavy atom. The number of carbonyl (C=O) groups excluding carboxylic acids is 1. The second-order valence-corrected chi connectivity index (χ2v) is 4.21. The molecule has 8 heteroatoms. The van der Waals surface area contributed by atoms with E-state index < -0.39 is 23.3 Å². The van der Waals surface area contributed by atoms with Crippen LogP contribution in [0.1, 0.15) is 5.56 Å². The summed E-state index contributed by atoms with van der Waals surface area (Å²) in [5, 5.41) is 2.15. The van der Waals surface area contributed by atoms with Crippen molar-refractivity contribution in [3.8, 4) is 0 Å². The highest BCUT2D eigenvalue weighted by atomic mass is 32.1. The topological polar surface area (TPSA) is 59.3 Å². The highest BCUT2D eigenvalue weighted by Crippen LogP contribution is 2.34. The minimum atomic E-state index is -4.66. The first kappa shape index (κ1) is 14.4. The molecule has 0 aliphatic carbocycles. The SMILES string of the molecule is O=C(CS)Nc1ccc2c(C(F)(F)F)cc(=O)oc2c1. The van der Waals surface area contributed by atoms with Gasteiger partial charge in [-0.05, 0) is 12.1 Å². The van der Waals surface area contributed by atoms with Crippen molar-refractivity contribution in [2.24, 2.45) is 0 Å². The van der Waals surface area contributed by atoms with Crippen molar-refractivity contribution in [1.82, 2.24) is 0 Å². The summed E-state index contributed by atoms with van der Waals surface area (Å²) in [7, 11) is 0. The Labute approximate surface area is 116 Å². The second-order valence-electron chi connectivity index (χ2n) is 3.89. The van der Waals surface area contributed by atoms with Crippen LogP contribution in [0, 0.1) is 0 Å². The quantitative estimate of drug-likeness (QED) is 0.662. The number of halogens is 3. The standard InChI is InChI=1S/C12H8F3NO3S/c13-12(14,15)8-4-11(18)19-9-3-6(1-2-7(8)9)16-10(17)5-20/h1-4,20H,5H2,(H,16,17). The van der Waals surface area contributed by atoms with E-state index in [1.165, 1.54) is 6.07 Å². The molecule has 0 atom stereocenters. The number of amides is 1. The van der Waals surface area contributed by atoms with Crippen LogP contribution in [0.25, 0.3) is 11.0 Å². The molecule has 1 N–H and O–H groups in total. The summed E-state index contributed by atoms with van der Waals surface area (Å²) in [6, 6.07) is 3.98. The van der Waals surface area contributed by atoms with Gasteiger partial charge in [-0.25, -0.2) is 4.79 Å². The average molecular weight is 303 g/mol. The maximum atomic E-state index is 12.8. The Balaban J connectivity index is 2.59. The van der Waals surface area contributed by atoms with Gasteiger partial charge in [0.25, 0.3) is 0 Å². The van der Waals surface area contributed by atoms with Crippen LogP contribution >= 0.6 is 12.6 Å². The van der Waals surface area contributed by atoms with Gasteiger partial charge in [-0.1, -0.05) is 0 Å². The van der Waals surface area contributed by atoms with Gasteiger partial charge in [-0.3, -0.25) is 4.79 Å². The van der Waals surface area contributed by atoms with E-state index in [1.54, 1.807) is 0 Å². The summed E-state index contributed by atoms with van der Waals surface area (Å²) in [6.07, 6.45) is -4.66. The molecule has 2 aromatic rings. The number of anilines is 1. The van der Waals surface area contributed by atoms with E-state index in [2.05, 4.69) is 17.9 Å². The molecule has 0 unspecified atom stereocenters. The Morgan fingerprint density at radius 3 is 2.60 bits per heavy atom. The lowest BCUT2D eigenvalue weighted by Crippen LogP contribution is -2.13. The summed E-state index contributed by atoms with van der Waals surface area (Å²) >= 11 is 3.76. The number of nitrogens with one attached hydrogen (secondary N) is 1. The maximum absolute atomic E-state index is 12.8. The third-order valence-corrected chi connectivity index (χ3v) is 2.76. The third-order valence-electron chi connectivity index (χ3n) is 2.48. The van der Waals surface area contributed by atoms with Crippen molar-refractivity contribution in [2.45, 2.75) is 6.18 Å². The molecule has 1 amide bonds. The fourth-order valence-electron chi connectivity index (χ4n) is 1.68. The summed E-state index contributed by atoms with van der Waals surface area (Å²) in [6.45, 7) is 0. The molecule has 1 aromatic heterocycles. The molecule has 0 aliphatic heterocycles. The highest BCUT2D eigenvalue weighted by molar-refractivity contribution is 7.81. The molecule has 106 valence electrons. The van der Waals surface area contributed by atoms with Crippen LogP contribution in [-0.4, -0.2) is 11.7 Å². The predicted molar refractivity (Wildman–Crippen MR) is 70.0 cm³/mol. The molecule has 0 fully saturated rings. The molecule has 0 bridgehead atoms. The Kier molecular flexibility index (Phi) is 3.76. The van der Waals surface area contributed by atoms with E-state index in [0.717, 1.165) is 12.1 Å². The van der Waals surface area contributed by atoms with Gasteiger partial charge in [0.1, 0.15) is 5.58 Å². The first-order chi connectivity index (χ1) is 9.31. The summed E-state index contributed by atoms with van der Waals surface area (Å²) in [5.41, 5.74) is -2.21. The van der Waals surface area contributed by atoms with Crippen LogP contribution < -0.4 is 10.9 Å². The molecule has 4 nitrogen and oxygen atoms in total. The second kappa shape index (κ2) is 5.20. The van der Waals surface area contributed by atoms with Crippen LogP contribution in [0.4, 0.5) is 18.9 Å². The number of carbonyl (C=O) groups is 1. The molecule has 0 spiro atoms. The van der Waals surface area contributed by atoms with Gasteiger partial charge < -0.3 is 9.73 Å². The van der Waals surface area contributed by atoms with E-state index in [0.29, 0.717) is 6.07 Å². The zero-order chi connectivity index (χ0) is 14.9. The third kappa shape index (κ3) is 2.96. The van der Waals surface area contributed by atoms with Crippen LogP contribution in [0.3, 0.4) is 0 Å². The predicted octanol–water partition coefficient (Wildman–Crippen LogP) is 2.68. The maximum Gasteiger partial charge on any atom is 0.417 e. The van der Waals surface area contributed by atoms with E-state index in [9.17, 15) is 22.8 Å². The first-order valence-corrected chi connectivity index (χ1v) is 6.00. The number of hydrogen-bond acceptors (Lipinski definition) is 4. The molecule has 0 aliphatic rings. The molecule has 0 saturated heterocycles. The van der Waals surface area contributed by atoms with Crippen molar-refractivity contribution in [3.05, 3.63) is 40.2 Å². The van der Waals surface area contributed by atoms with Gasteiger partial charge >= 0.3 is 11.8 Å². The smallest absolute Gasteiger partial charge is 0.417 e. The number of alkyl halides is 3. The molecule has 0 radical (unpaired) electrons. The molecular formula is C12H8F3NO3S. The van der Waals surface area contributed by atoms with E-state index in [4.69, 9.17) is 4.42 Å².